The first-order chi connectivity index (χ1) is 45.8. The Morgan fingerprint density at radius 3 is 1.70 bits per heavy atom. The van der Waals surface area contributed by atoms with E-state index < -0.39 is 71.3 Å². The molecule has 0 bridgehead atoms. The molecule has 27 heteroatoms. The molecule has 0 radical (unpaired) electrons. The second kappa shape index (κ2) is 26.3. The van der Waals surface area contributed by atoms with Gasteiger partial charge < -0.3 is 39.7 Å². The van der Waals surface area contributed by atoms with Gasteiger partial charge in [-0.1, -0.05) is 18.2 Å². The Morgan fingerprint density at radius 1 is 0.688 bits per heavy atom. The Morgan fingerprint density at radius 2 is 1.21 bits per heavy atom. The third-order valence-electron chi connectivity index (χ3n) is 18.9. The van der Waals surface area contributed by atoms with E-state index >= 15 is 13.2 Å². The van der Waals surface area contributed by atoms with Crippen molar-refractivity contribution in [3.8, 4) is 33.8 Å². The van der Waals surface area contributed by atoms with Crippen molar-refractivity contribution in [3.63, 3.8) is 0 Å². The van der Waals surface area contributed by atoms with Crippen LogP contribution in [0.2, 0.25) is 0 Å². The number of piperazine rings is 1. The molecule has 4 fully saturated rings. The molecule has 8 heterocycles. The molecule has 2 amide bonds. The van der Waals surface area contributed by atoms with Gasteiger partial charge in [0.2, 0.25) is 20.0 Å². The number of H-pyrrole nitrogens is 2. The van der Waals surface area contributed by atoms with E-state index in [4.69, 9.17) is 24.2 Å². The number of methoxy groups -OCH3 is 2. The van der Waals surface area contributed by atoms with Crippen molar-refractivity contribution in [3.05, 3.63) is 182 Å². The molecular formula is C69H76F3N11O11S2. The summed E-state index contributed by atoms with van der Waals surface area (Å²) in [5, 5.41) is 6.58. The molecule has 1 atom stereocenters. The number of benzene rings is 2. The second-order valence-electron chi connectivity index (χ2n) is 25.5. The highest BCUT2D eigenvalue weighted by molar-refractivity contribution is 7.92. The molecule has 22 nitrogen and oxygen atoms in total. The highest BCUT2D eigenvalue weighted by Gasteiger charge is 2.56. The van der Waals surface area contributed by atoms with Crippen LogP contribution >= 0.6 is 0 Å². The van der Waals surface area contributed by atoms with Crippen molar-refractivity contribution in [1.82, 2.24) is 48.3 Å². The fourth-order valence-corrected chi connectivity index (χ4v) is 17.6. The van der Waals surface area contributed by atoms with Crippen LogP contribution in [0.15, 0.2) is 120 Å². The lowest BCUT2D eigenvalue weighted by Crippen LogP contribution is -2.49. The van der Waals surface area contributed by atoms with Gasteiger partial charge in [0, 0.05) is 121 Å². The number of carbonyl (C=O) groups is 2. The van der Waals surface area contributed by atoms with Crippen LogP contribution in [0, 0.1) is 20.8 Å². The number of alkyl halides is 3. The number of ether oxygens (including phenoxy) is 3. The van der Waals surface area contributed by atoms with E-state index in [0.29, 0.717) is 143 Å². The second-order valence-corrected chi connectivity index (χ2v) is 30.0. The van der Waals surface area contributed by atoms with Gasteiger partial charge in [0.1, 0.15) is 17.3 Å². The molecule has 2 aromatic carbocycles. The lowest BCUT2D eigenvalue weighted by molar-refractivity contribution is -0.146. The smallest absolute Gasteiger partial charge is 0.401 e. The molecule has 2 saturated carbocycles. The number of anilines is 1. The van der Waals surface area contributed by atoms with Gasteiger partial charge in [-0.25, -0.2) is 29.8 Å². The first-order valence-electron chi connectivity index (χ1n) is 31.7. The number of fused-ring (bicyclic) bond motifs is 2. The summed E-state index contributed by atoms with van der Waals surface area (Å²) in [6.45, 7) is 14.0. The van der Waals surface area contributed by atoms with Crippen LogP contribution < -0.4 is 36.1 Å². The number of hydrogen-bond donors (Lipinski definition) is 4. The van der Waals surface area contributed by atoms with Crippen LogP contribution in [0.1, 0.15) is 98.6 Å². The number of amides is 2. The number of nitrogens with zero attached hydrogens (tertiary/aromatic N) is 7. The maximum Gasteiger partial charge on any atom is 0.401 e. The van der Waals surface area contributed by atoms with Crippen LogP contribution in [0.4, 0.5) is 19.0 Å². The summed E-state index contributed by atoms with van der Waals surface area (Å²) in [4.78, 5) is 76.5. The quantitative estimate of drug-likeness (QED) is 0.0413. The van der Waals surface area contributed by atoms with Gasteiger partial charge in [-0.05, 0) is 136 Å². The highest BCUT2D eigenvalue weighted by Crippen LogP contribution is 2.51. The lowest BCUT2D eigenvalue weighted by atomic mass is 9.96. The van der Waals surface area contributed by atoms with Crippen LogP contribution in [0.25, 0.3) is 44.1 Å². The number of nitrogens with one attached hydrogen (secondary N) is 4. The molecule has 4 aliphatic rings. The van der Waals surface area contributed by atoms with Gasteiger partial charge >= 0.3 is 6.18 Å². The monoisotopic (exact) mass is 1360 g/mol. The summed E-state index contributed by atoms with van der Waals surface area (Å²) in [5.41, 5.74) is 5.27. The first kappa shape index (κ1) is 67.1. The van der Waals surface area contributed by atoms with Crippen LogP contribution in [-0.4, -0.2) is 155 Å². The van der Waals surface area contributed by atoms with Crippen LogP contribution in [-0.2, 0) is 50.8 Å². The predicted octanol–water partition coefficient (Wildman–Crippen LogP) is 8.60. The normalized spacial score (nSPS) is 17.3. The standard InChI is InChI=1S/C69H76F3N11O11S2/c1-8-14-67(16-17-67)95(88,89)82-37-42(3)61-52(63(84)75-35-54-58(92-6)26-43(4)77-65(54)86)29-47(31-56(61)82)45-10-12-50(73-33-45)39-80-24-25-94-51(40-80)28-49-38-83(96(90,91)68(15-9-2)18-19-68)57-32-48(46-11-13-60(74-34-46)81-22-20-79(21-23-81)41-69(70,71)72)30-53(62(49)57)64(85)76-36-55-59(93-7)27-44(5)78-66(55)87/h8-13,26-27,29-34,37-38,51H,1-2,14-25,28,35-36,39-41H2,3-7H3,(H,75,84)(H,76,85)(H,77,86)(H,78,87). The molecular weight excluding hydrogens is 1280 g/mol. The summed E-state index contributed by atoms with van der Waals surface area (Å²) in [6.07, 6.45) is 7.03. The SMILES string of the molecule is C=CCC1(S(=O)(=O)n2cc(C)c3c(C(=O)NCc4c(OC)cc(C)[nH]c4=O)cc(-c4ccc(CN5CCOC(Cc6cn(S(=O)(=O)C7(CC=C)CC7)c7cc(-c8ccc(N9CCN(CC(F)(F)F)CC9)nc8)cc(C(=O)NCc8c(OC)cc(C)[nH]c8=O)c67)C5)nc4)cc32)CC1. The predicted molar refractivity (Wildman–Crippen MR) is 360 cm³/mol. The fraction of sp³-hybridized carbons (Fsp3) is 0.391. The minimum Gasteiger partial charge on any atom is -0.496 e. The zero-order chi connectivity index (χ0) is 68.2. The minimum absolute atomic E-state index is 0.111. The lowest BCUT2D eigenvalue weighted by Gasteiger charge is -2.35. The third-order valence-corrected chi connectivity index (χ3v) is 23.9. The van der Waals surface area contributed by atoms with Gasteiger partial charge in [0.15, 0.2) is 0 Å². The molecule has 506 valence electrons. The summed E-state index contributed by atoms with van der Waals surface area (Å²) < 4.78 is 117. The number of pyridine rings is 4. The van der Waals surface area contributed by atoms with E-state index in [9.17, 15) is 36.0 Å². The minimum atomic E-state index is -4.32. The third kappa shape index (κ3) is 13.1. The highest BCUT2D eigenvalue weighted by atomic mass is 32.2. The topological polar surface area (TPSA) is 265 Å². The molecule has 1 unspecified atom stereocenters. The number of aromatic amines is 2. The van der Waals surface area contributed by atoms with E-state index in [1.54, 1.807) is 106 Å². The summed E-state index contributed by atoms with van der Waals surface area (Å²) in [7, 11) is -5.32. The van der Waals surface area contributed by atoms with E-state index in [1.165, 1.54) is 27.1 Å². The van der Waals surface area contributed by atoms with Crippen molar-refractivity contribution >= 4 is 59.5 Å². The van der Waals surface area contributed by atoms with Crippen molar-refractivity contribution in [2.24, 2.45) is 0 Å². The molecule has 12 rings (SSSR count). The van der Waals surface area contributed by atoms with Gasteiger partial charge in [-0.15, -0.1) is 13.2 Å². The Labute approximate surface area is 553 Å². The maximum absolute atomic E-state index is 15.2. The molecule has 8 aromatic rings. The largest absolute Gasteiger partial charge is 0.496 e. The molecule has 96 heavy (non-hydrogen) atoms. The molecule has 6 aromatic heterocycles. The zero-order valence-corrected chi connectivity index (χ0v) is 55.7. The first-order valence-corrected chi connectivity index (χ1v) is 34.6. The molecule has 2 aliphatic heterocycles. The van der Waals surface area contributed by atoms with Gasteiger partial charge in [0.05, 0.1) is 83.9 Å². The zero-order valence-electron chi connectivity index (χ0n) is 54.0. The number of halogens is 3. The molecule has 0 spiro atoms. The maximum atomic E-state index is 15.2. The van der Waals surface area contributed by atoms with E-state index in [2.05, 4.69) is 38.7 Å². The Bertz CT molecular complexity index is 4740. The Hall–Kier alpha value is -8.89. The average Bonchev–Trinajstić information content (AvgIpc) is 1.56. The summed E-state index contributed by atoms with van der Waals surface area (Å²) in [5.74, 6) is -0.0630. The summed E-state index contributed by atoms with van der Waals surface area (Å²) in [6, 6.07) is 17.4. The number of aromatic nitrogens is 6. The van der Waals surface area contributed by atoms with Gasteiger partial charge in [-0.2, -0.15) is 13.2 Å². The number of allylic oxidation sites excluding steroid dienone is 2. The van der Waals surface area contributed by atoms with E-state index in [1.807, 2.05) is 17.0 Å². The van der Waals surface area contributed by atoms with Crippen molar-refractivity contribution in [2.75, 3.05) is 71.5 Å². The Kier molecular flexibility index (Phi) is 18.4. The fourth-order valence-electron chi connectivity index (χ4n) is 13.5. The van der Waals surface area contributed by atoms with Gasteiger partial charge in [0.25, 0.3) is 22.9 Å². The molecule has 2 saturated heterocycles. The number of hydrogen-bond acceptors (Lipinski definition) is 16. The van der Waals surface area contributed by atoms with Crippen molar-refractivity contribution in [2.45, 2.75) is 107 Å². The summed E-state index contributed by atoms with van der Waals surface area (Å²) >= 11 is 0. The molecule has 4 N–H and O–H groups in total. The molecule has 2 aliphatic carbocycles. The van der Waals surface area contributed by atoms with Crippen molar-refractivity contribution < 1.29 is 53.8 Å². The number of morpholine rings is 1. The Balaban J connectivity index is 0.855. The number of aryl methyl sites for hydroxylation is 3. The van der Waals surface area contributed by atoms with Crippen LogP contribution in [0.5, 0.6) is 11.5 Å². The van der Waals surface area contributed by atoms with E-state index in [0.717, 1.165) is 0 Å². The average molecular weight is 1360 g/mol. The van der Waals surface area contributed by atoms with Crippen molar-refractivity contribution in [1.29, 1.82) is 0 Å². The van der Waals surface area contributed by atoms with Gasteiger partial charge in [-0.3, -0.25) is 34.0 Å². The number of carbonyl (C=O) groups excluding carboxylic acids is 2. The number of rotatable bonds is 24. The van der Waals surface area contributed by atoms with Crippen LogP contribution in [0.3, 0.4) is 0 Å². The van der Waals surface area contributed by atoms with E-state index in [-0.39, 0.29) is 79.0 Å².